The van der Waals surface area contributed by atoms with Crippen molar-refractivity contribution < 1.29 is 13.7 Å². The lowest BCUT2D eigenvalue weighted by Crippen LogP contribution is -2.26. The van der Waals surface area contributed by atoms with Crippen LogP contribution in [-0.2, 0) is 0 Å². The molecule has 0 amide bonds. The molecule has 0 aliphatic heterocycles. The molecule has 2 rings (SSSR count). The standard InChI is InChI=1S/C14H18F2N2O2/c1-2-9-3-5-10(6-4-9)17-14-12(15)7-11(18(19)20)8-13(14)16/h7-10,17H,2-6H2,1H3. The van der Waals surface area contributed by atoms with Crippen LogP contribution >= 0.6 is 0 Å². The van der Waals surface area contributed by atoms with Crippen molar-refractivity contribution in [2.45, 2.75) is 45.1 Å². The van der Waals surface area contributed by atoms with Crippen molar-refractivity contribution in [2.75, 3.05) is 5.32 Å². The van der Waals surface area contributed by atoms with Crippen molar-refractivity contribution in [1.82, 2.24) is 0 Å². The monoisotopic (exact) mass is 284 g/mol. The summed E-state index contributed by atoms with van der Waals surface area (Å²) in [6.45, 7) is 2.15. The molecule has 0 saturated heterocycles. The molecule has 0 heterocycles. The van der Waals surface area contributed by atoms with E-state index in [1.54, 1.807) is 0 Å². The lowest BCUT2D eigenvalue weighted by Gasteiger charge is -2.29. The molecular formula is C14H18F2N2O2. The van der Waals surface area contributed by atoms with Crippen molar-refractivity contribution >= 4 is 11.4 Å². The van der Waals surface area contributed by atoms with Crippen LogP contribution < -0.4 is 5.32 Å². The van der Waals surface area contributed by atoms with Crippen LogP contribution in [0.25, 0.3) is 0 Å². The summed E-state index contributed by atoms with van der Waals surface area (Å²) in [7, 11) is 0. The molecular weight excluding hydrogens is 266 g/mol. The molecule has 1 fully saturated rings. The van der Waals surface area contributed by atoms with Gasteiger partial charge in [-0.1, -0.05) is 13.3 Å². The average Bonchev–Trinajstić information content (AvgIpc) is 2.43. The fraction of sp³-hybridized carbons (Fsp3) is 0.571. The molecule has 1 aliphatic carbocycles. The van der Waals surface area contributed by atoms with Gasteiger partial charge in [-0.3, -0.25) is 10.1 Å². The summed E-state index contributed by atoms with van der Waals surface area (Å²) in [4.78, 5) is 9.72. The molecule has 1 aliphatic rings. The van der Waals surface area contributed by atoms with Crippen LogP contribution in [0.15, 0.2) is 12.1 Å². The zero-order valence-corrected chi connectivity index (χ0v) is 11.4. The Labute approximate surface area is 116 Å². The fourth-order valence-electron chi connectivity index (χ4n) is 2.72. The summed E-state index contributed by atoms with van der Waals surface area (Å²) in [5.41, 5.74) is -0.823. The van der Waals surface area contributed by atoms with E-state index in [-0.39, 0.29) is 11.7 Å². The van der Waals surface area contributed by atoms with Crippen LogP contribution in [0.3, 0.4) is 0 Å². The van der Waals surface area contributed by atoms with Crippen LogP contribution in [-0.4, -0.2) is 11.0 Å². The van der Waals surface area contributed by atoms with Gasteiger partial charge in [0.05, 0.1) is 17.1 Å². The first-order valence-corrected chi connectivity index (χ1v) is 6.91. The van der Waals surface area contributed by atoms with Gasteiger partial charge in [-0.15, -0.1) is 0 Å². The van der Waals surface area contributed by atoms with Crippen LogP contribution in [0, 0.1) is 27.7 Å². The minimum absolute atomic E-state index is 0.0308. The third-order valence-corrected chi connectivity index (χ3v) is 4.01. The number of nitro benzene ring substituents is 1. The lowest BCUT2D eigenvalue weighted by atomic mass is 9.84. The number of nitrogens with zero attached hydrogens (tertiary/aromatic N) is 1. The quantitative estimate of drug-likeness (QED) is 0.664. The van der Waals surface area contributed by atoms with Crippen molar-refractivity contribution in [1.29, 1.82) is 0 Å². The molecule has 0 atom stereocenters. The Kier molecular flexibility index (Phi) is 4.52. The minimum atomic E-state index is -0.908. The molecule has 1 saturated carbocycles. The van der Waals surface area contributed by atoms with Gasteiger partial charge in [-0.25, -0.2) is 8.78 Å². The molecule has 0 aromatic heterocycles. The molecule has 0 spiro atoms. The normalized spacial score (nSPS) is 22.6. The van der Waals surface area contributed by atoms with Crippen LogP contribution in [0.4, 0.5) is 20.2 Å². The number of halogens is 2. The fourth-order valence-corrected chi connectivity index (χ4v) is 2.72. The molecule has 1 aromatic rings. The summed E-state index contributed by atoms with van der Waals surface area (Å²) in [6, 6.07) is 1.54. The van der Waals surface area contributed by atoms with E-state index in [2.05, 4.69) is 12.2 Å². The molecule has 0 bridgehead atoms. The van der Waals surface area contributed by atoms with Gasteiger partial charge in [0.1, 0.15) is 5.69 Å². The largest absolute Gasteiger partial charge is 0.378 e. The molecule has 0 radical (unpaired) electrons. The minimum Gasteiger partial charge on any atom is -0.378 e. The maximum Gasteiger partial charge on any atom is 0.275 e. The summed E-state index contributed by atoms with van der Waals surface area (Å²) >= 11 is 0. The molecule has 1 aromatic carbocycles. The summed E-state index contributed by atoms with van der Waals surface area (Å²) < 4.78 is 27.5. The number of hydrogen-bond donors (Lipinski definition) is 1. The molecule has 110 valence electrons. The Morgan fingerprint density at radius 1 is 1.25 bits per heavy atom. The first kappa shape index (κ1) is 14.7. The second kappa shape index (κ2) is 6.15. The molecule has 4 nitrogen and oxygen atoms in total. The highest BCUT2D eigenvalue weighted by molar-refractivity contribution is 5.52. The van der Waals surface area contributed by atoms with Crippen molar-refractivity contribution in [3.05, 3.63) is 33.9 Å². The van der Waals surface area contributed by atoms with Gasteiger partial charge in [0, 0.05) is 6.04 Å². The third-order valence-electron chi connectivity index (χ3n) is 4.01. The van der Waals surface area contributed by atoms with Gasteiger partial charge in [0.2, 0.25) is 0 Å². The summed E-state index contributed by atoms with van der Waals surface area (Å²) in [5.74, 6) is -1.12. The summed E-state index contributed by atoms with van der Waals surface area (Å²) in [6.07, 6.45) is 4.96. The number of non-ortho nitro benzene ring substituents is 1. The maximum atomic E-state index is 13.8. The van der Waals surface area contributed by atoms with Crippen LogP contribution in [0.1, 0.15) is 39.0 Å². The Bertz CT molecular complexity index is 477. The van der Waals surface area contributed by atoms with Crippen molar-refractivity contribution in [3.63, 3.8) is 0 Å². The van der Waals surface area contributed by atoms with E-state index in [0.717, 1.165) is 44.2 Å². The van der Waals surface area contributed by atoms with Crippen LogP contribution in [0.5, 0.6) is 0 Å². The third kappa shape index (κ3) is 3.23. The molecule has 20 heavy (non-hydrogen) atoms. The molecule has 6 heteroatoms. The number of nitrogens with one attached hydrogen (secondary N) is 1. The first-order chi connectivity index (χ1) is 9.51. The Hall–Kier alpha value is -1.72. The van der Waals surface area contributed by atoms with Gasteiger partial charge < -0.3 is 5.32 Å². The SMILES string of the molecule is CCC1CCC(Nc2c(F)cc([N+](=O)[O-])cc2F)CC1. The molecule has 1 N–H and O–H groups in total. The predicted octanol–water partition coefficient (Wildman–Crippen LogP) is 4.25. The van der Waals surface area contributed by atoms with Gasteiger partial charge in [0.15, 0.2) is 11.6 Å². The van der Waals surface area contributed by atoms with E-state index in [1.165, 1.54) is 0 Å². The van der Waals surface area contributed by atoms with E-state index in [4.69, 9.17) is 0 Å². The number of hydrogen-bond acceptors (Lipinski definition) is 3. The van der Waals surface area contributed by atoms with E-state index in [0.29, 0.717) is 5.92 Å². The highest BCUT2D eigenvalue weighted by atomic mass is 19.1. The summed E-state index contributed by atoms with van der Waals surface area (Å²) in [5, 5.41) is 13.4. The van der Waals surface area contributed by atoms with E-state index < -0.39 is 22.2 Å². The number of anilines is 1. The average molecular weight is 284 g/mol. The second-order valence-electron chi connectivity index (χ2n) is 5.31. The van der Waals surface area contributed by atoms with Crippen molar-refractivity contribution in [3.8, 4) is 0 Å². The predicted molar refractivity (Wildman–Crippen MR) is 72.7 cm³/mol. The van der Waals surface area contributed by atoms with E-state index >= 15 is 0 Å². The zero-order chi connectivity index (χ0) is 14.7. The van der Waals surface area contributed by atoms with Crippen LogP contribution in [0.2, 0.25) is 0 Å². The Morgan fingerprint density at radius 3 is 2.25 bits per heavy atom. The molecule has 0 unspecified atom stereocenters. The Balaban J connectivity index is 2.08. The zero-order valence-electron chi connectivity index (χ0n) is 11.4. The number of rotatable bonds is 4. The van der Waals surface area contributed by atoms with Gasteiger partial charge in [-0.2, -0.15) is 0 Å². The van der Waals surface area contributed by atoms with E-state index in [1.807, 2.05) is 0 Å². The van der Waals surface area contributed by atoms with Gasteiger partial charge in [0.25, 0.3) is 5.69 Å². The maximum absolute atomic E-state index is 13.8. The van der Waals surface area contributed by atoms with E-state index in [9.17, 15) is 18.9 Å². The number of nitro groups is 1. The second-order valence-corrected chi connectivity index (χ2v) is 5.31. The highest BCUT2D eigenvalue weighted by Crippen LogP contribution is 2.31. The number of benzene rings is 1. The topological polar surface area (TPSA) is 55.2 Å². The van der Waals surface area contributed by atoms with Crippen molar-refractivity contribution in [2.24, 2.45) is 5.92 Å². The van der Waals surface area contributed by atoms with Gasteiger partial charge in [-0.05, 0) is 31.6 Å². The Morgan fingerprint density at radius 2 is 1.80 bits per heavy atom. The smallest absolute Gasteiger partial charge is 0.275 e. The lowest BCUT2D eigenvalue weighted by molar-refractivity contribution is -0.385. The first-order valence-electron chi connectivity index (χ1n) is 6.91. The van der Waals surface area contributed by atoms with Gasteiger partial charge >= 0.3 is 0 Å². The highest BCUT2D eigenvalue weighted by Gasteiger charge is 2.23.